The topological polar surface area (TPSA) is 83.5 Å². The molecule has 6 heteroatoms. The van der Waals surface area contributed by atoms with E-state index in [9.17, 15) is 9.90 Å². The molecule has 1 fully saturated rings. The Hall–Kier alpha value is -2.26. The number of carbonyl (C=O) groups is 1. The van der Waals surface area contributed by atoms with Crippen LogP contribution in [0.3, 0.4) is 0 Å². The zero-order valence-corrected chi connectivity index (χ0v) is 20.3. The lowest BCUT2D eigenvalue weighted by molar-refractivity contribution is -0.120. The van der Waals surface area contributed by atoms with Gasteiger partial charge in [0.1, 0.15) is 5.60 Å². The van der Waals surface area contributed by atoms with Crippen LogP contribution in [0.4, 0.5) is 5.82 Å². The number of rotatable bonds is 8. The second-order valence-corrected chi connectivity index (χ2v) is 10.8. The van der Waals surface area contributed by atoms with Crippen LogP contribution >= 0.6 is 0 Å². The molecule has 1 spiro atoms. The number of ether oxygens (including phenoxy) is 1. The van der Waals surface area contributed by atoms with E-state index in [-0.39, 0.29) is 22.8 Å². The van der Waals surface area contributed by atoms with Gasteiger partial charge in [0.05, 0.1) is 12.1 Å². The van der Waals surface area contributed by atoms with E-state index in [2.05, 4.69) is 43.4 Å². The number of hydrogen-bond donors (Lipinski definition) is 3. The first-order valence-corrected chi connectivity index (χ1v) is 11.8. The minimum absolute atomic E-state index is 0.114. The molecule has 0 bridgehead atoms. The molecule has 0 radical (unpaired) electrons. The Labute approximate surface area is 192 Å². The molecule has 3 rings (SSSR count). The van der Waals surface area contributed by atoms with Crippen LogP contribution in [0, 0.1) is 17.8 Å². The molecule has 1 unspecified atom stereocenters. The third-order valence-corrected chi connectivity index (χ3v) is 6.65. The molecule has 6 nitrogen and oxygen atoms in total. The number of hydrogen-bond acceptors (Lipinski definition) is 5. The highest BCUT2D eigenvalue weighted by Gasteiger charge is 2.46. The van der Waals surface area contributed by atoms with Crippen molar-refractivity contribution < 1.29 is 14.6 Å². The fraction of sp³-hybridized carbons (Fsp3) is 0.692. The normalized spacial score (nSPS) is 20.8. The largest absolute Gasteiger partial charge is 0.483 e. The summed E-state index contributed by atoms with van der Waals surface area (Å²) in [5.74, 6) is 4.35. The van der Waals surface area contributed by atoms with E-state index >= 15 is 0 Å². The van der Waals surface area contributed by atoms with Crippen molar-refractivity contribution in [2.24, 2.45) is 5.41 Å². The summed E-state index contributed by atoms with van der Waals surface area (Å²) in [5.41, 5.74) is 2.25. The molecular weight excluding hydrogens is 402 g/mol. The van der Waals surface area contributed by atoms with Crippen molar-refractivity contribution >= 4 is 11.7 Å². The molecule has 2 heterocycles. The number of nitrogens with zero attached hydrogens (tertiary/aromatic N) is 1. The summed E-state index contributed by atoms with van der Waals surface area (Å²) in [6, 6.07) is 1.78. The van der Waals surface area contributed by atoms with Crippen molar-refractivity contribution in [3.63, 3.8) is 0 Å². The van der Waals surface area contributed by atoms with Crippen LogP contribution in [-0.2, 0) is 11.2 Å². The highest BCUT2D eigenvalue weighted by atomic mass is 16.5. The second kappa shape index (κ2) is 9.70. The molecule has 1 saturated carbocycles. The van der Waals surface area contributed by atoms with Gasteiger partial charge in [-0.1, -0.05) is 20.8 Å². The highest BCUT2D eigenvalue weighted by molar-refractivity contribution is 5.73. The molecule has 176 valence electrons. The molecular formula is C26H39N3O3. The molecule has 0 aromatic carbocycles. The van der Waals surface area contributed by atoms with Crippen LogP contribution in [-0.4, -0.2) is 40.8 Å². The van der Waals surface area contributed by atoms with Crippen molar-refractivity contribution in [3.8, 4) is 18.1 Å². The number of carbonyl (C=O) groups excluding carboxylic acids is 1. The van der Waals surface area contributed by atoms with Crippen molar-refractivity contribution in [1.82, 2.24) is 10.3 Å². The SMILES string of the molecule is C#CC[C@H](NC(C)=O)[C@H](O)CCC1CC2(CCC2)Oc2c1cc(CC(C)(C)C)nc2NC. The number of amides is 1. The number of terminal acetylenes is 1. The monoisotopic (exact) mass is 441 g/mol. The van der Waals surface area contributed by atoms with Crippen LogP contribution in [0.15, 0.2) is 6.07 Å². The number of aromatic nitrogens is 1. The number of pyridine rings is 1. The van der Waals surface area contributed by atoms with Gasteiger partial charge < -0.3 is 20.5 Å². The Bertz CT molecular complexity index is 864. The summed E-state index contributed by atoms with van der Waals surface area (Å²) in [5, 5.41) is 16.9. The average molecular weight is 442 g/mol. The van der Waals surface area contributed by atoms with Crippen molar-refractivity contribution in [2.45, 2.75) is 103 Å². The summed E-state index contributed by atoms with van der Waals surface area (Å²) in [4.78, 5) is 16.4. The van der Waals surface area contributed by atoms with Gasteiger partial charge in [-0.25, -0.2) is 4.98 Å². The van der Waals surface area contributed by atoms with E-state index in [0.29, 0.717) is 12.8 Å². The van der Waals surface area contributed by atoms with Crippen molar-refractivity contribution in [3.05, 3.63) is 17.3 Å². The standard InChI is InChI=1S/C26H39N3O3/c1-7-9-21(28-17(2)30)22(31)11-10-18-15-26(12-8-13-26)32-23-20(18)14-19(16-25(3,4)5)29-24(23)27-6/h1,14,18,21-22,31H,8-13,15-16H2,2-6H3,(H,27,29)(H,28,30)/t18?,21-,22+/m0/s1. The third-order valence-electron chi connectivity index (χ3n) is 6.65. The number of anilines is 1. The van der Waals surface area contributed by atoms with Gasteiger partial charge in [0, 0.05) is 31.6 Å². The summed E-state index contributed by atoms with van der Waals surface area (Å²) < 4.78 is 6.57. The summed E-state index contributed by atoms with van der Waals surface area (Å²) >= 11 is 0. The number of fused-ring (bicyclic) bond motifs is 1. The van der Waals surface area contributed by atoms with E-state index in [4.69, 9.17) is 16.1 Å². The average Bonchev–Trinajstić information content (AvgIpc) is 2.68. The molecule has 1 aromatic rings. The predicted molar refractivity (Wildman–Crippen MR) is 128 cm³/mol. The maximum absolute atomic E-state index is 11.5. The van der Waals surface area contributed by atoms with Gasteiger partial charge in [0.2, 0.25) is 5.91 Å². The lowest BCUT2D eigenvalue weighted by atomic mass is 9.69. The first-order valence-electron chi connectivity index (χ1n) is 11.8. The van der Waals surface area contributed by atoms with Crippen LogP contribution < -0.4 is 15.4 Å². The van der Waals surface area contributed by atoms with Crippen LogP contribution in [0.25, 0.3) is 0 Å². The fourth-order valence-electron chi connectivity index (χ4n) is 5.02. The first kappa shape index (κ1) is 24.4. The van der Waals surface area contributed by atoms with Gasteiger partial charge in [0.25, 0.3) is 0 Å². The lowest BCUT2D eigenvalue weighted by Crippen LogP contribution is -2.47. The minimum Gasteiger partial charge on any atom is -0.483 e. The summed E-state index contributed by atoms with van der Waals surface area (Å²) in [7, 11) is 1.89. The smallest absolute Gasteiger partial charge is 0.217 e. The van der Waals surface area contributed by atoms with Gasteiger partial charge >= 0.3 is 0 Å². The van der Waals surface area contributed by atoms with Gasteiger partial charge in [-0.3, -0.25) is 4.79 Å². The number of aliphatic hydroxyl groups is 1. The van der Waals surface area contributed by atoms with E-state index in [1.165, 1.54) is 18.9 Å². The second-order valence-electron chi connectivity index (χ2n) is 10.8. The summed E-state index contributed by atoms with van der Waals surface area (Å²) in [6.45, 7) is 8.10. The quantitative estimate of drug-likeness (QED) is 0.528. The lowest BCUT2D eigenvalue weighted by Gasteiger charge is -2.48. The fourth-order valence-corrected chi connectivity index (χ4v) is 5.02. The molecule has 32 heavy (non-hydrogen) atoms. The summed E-state index contributed by atoms with van der Waals surface area (Å²) in [6.07, 6.45) is 11.6. The van der Waals surface area contributed by atoms with Gasteiger partial charge in [-0.2, -0.15) is 0 Å². The first-order chi connectivity index (χ1) is 15.1. The van der Waals surface area contributed by atoms with Crippen LogP contribution in [0.1, 0.15) is 89.8 Å². The Morgan fingerprint density at radius 2 is 2.16 bits per heavy atom. The maximum atomic E-state index is 11.5. The zero-order valence-electron chi connectivity index (χ0n) is 20.3. The molecule has 3 N–H and O–H groups in total. The number of nitrogens with one attached hydrogen (secondary N) is 2. The Morgan fingerprint density at radius 1 is 1.44 bits per heavy atom. The predicted octanol–water partition coefficient (Wildman–Crippen LogP) is 4.17. The van der Waals surface area contributed by atoms with E-state index in [0.717, 1.165) is 49.4 Å². The van der Waals surface area contributed by atoms with E-state index < -0.39 is 12.1 Å². The molecule has 3 atom stereocenters. The maximum Gasteiger partial charge on any atom is 0.217 e. The van der Waals surface area contributed by atoms with E-state index in [1.807, 2.05) is 7.05 Å². The molecule has 1 aliphatic heterocycles. The van der Waals surface area contributed by atoms with E-state index in [1.54, 1.807) is 0 Å². The van der Waals surface area contributed by atoms with Crippen LogP contribution in [0.2, 0.25) is 0 Å². The third kappa shape index (κ3) is 5.75. The van der Waals surface area contributed by atoms with Crippen LogP contribution in [0.5, 0.6) is 5.75 Å². The Morgan fingerprint density at radius 3 is 2.69 bits per heavy atom. The van der Waals surface area contributed by atoms with Gasteiger partial charge in [-0.15, -0.1) is 12.3 Å². The molecule has 2 aliphatic rings. The zero-order chi connectivity index (χ0) is 23.5. The van der Waals surface area contributed by atoms with Crippen molar-refractivity contribution in [1.29, 1.82) is 0 Å². The van der Waals surface area contributed by atoms with Gasteiger partial charge in [-0.05, 0) is 62.3 Å². The highest BCUT2D eigenvalue weighted by Crippen LogP contribution is 2.53. The molecule has 0 saturated heterocycles. The molecule has 1 aromatic heterocycles. The minimum atomic E-state index is -0.682. The number of aliphatic hydroxyl groups excluding tert-OH is 1. The Kier molecular flexibility index (Phi) is 7.39. The van der Waals surface area contributed by atoms with Crippen molar-refractivity contribution in [2.75, 3.05) is 12.4 Å². The van der Waals surface area contributed by atoms with Gasteiger partial charge in [0.15, 0.2) is 11.6 Å². The molecule has 1 amide bonds. The Balaban J connectivity index is 1.86. The molecule has 1 aliphatic carbocycles.